The lowest BCUT2D eigenvalue weighted by Gasteiger charge is -2.22. The van der Waals surface area contributed by atoms with Gasteiger partial charge in [0.25, 0.3) is 5.91 Å². The molecule has 0 radical (unpaired) electrons. The first kappa shape index (κ1) is 16.3. The van der Waals surface area contributed by atoms with Crippen molar-refractivity contribution in [2.75, 3.05) is 11.5 Å². The van der Waals surface area contributed by atoms with Crippen LogP contribution in [0.25, 0.3) is 0 Å². The standard InChI is InChI=1S/C18H16ClNO4/c1-11-8-12-4-2-3-5-15(12)20(11)17(22)10-24-18(23)14-7-6-13(19)9-16(14)21/h2-7,9,11,21H,8,10H2,1H3/t11-/m1/s1. The summed E-state index contributed by atoms with van der Waals surface area (Å²) in [7, 11) is 0. The molecule has 1 heterocycles. The molecule has 0 saturated carbocycles. The van der Waals surface area contributed by atoms with Crippen molar-refractivity contribution in [2.45, 2.75) is 19.4 Å². The van der Waals surface area contributed by atoms with E-state index in [4.69, 9.17) is 16.3 Å². The van der Waals surface area contributed by atoms with Crippen LogP contribution in [0.5, 0.6) is 5.75 Å². The summed E-state index contributed by atoms with van der Waals surface area (Å²) in [5, 5.41) is 10.0. The van der Waals surface area contributed by atoms with Gasteiger partial charge in [0.15, 0.2) is 6.61 Å². The van der Waals surface area contributed by atoms with Crippen LogP contribution < -0.4 is 4.90 Å². The largest absolute Gasteiger partial charge is 0.507 e. The fraction of sp³-hybridized carbons (Fsp3) is 0.222. The fourth-order valence-electron chi connectivity index (χ4n) is 2.90. The van der Waals surface area contributed by atoms with Crippen LogP contribution in [0.1, 0.15) is 22.8 Å². The minimum atomic E-state index is -0.766. The third-order valence-electron chi connectivity index (χ3n) is 3.98. The van der Waals surface area contributed by atoms with Crippen molar-refractivity contribution in [1.82, 2.24) is 0 Å². The normalized spacial score (nSPS) is 15.9. The topological polar surface area (TPSA) is 66.8 Å². The molecule has 1 atom stereocenters. The molecule has 2 aromatic rings. The van der Waals surface area contributed by atoms with Crippen molar-refractivity contribution in [3.8, 4) is 5.75 Å². The first-order chi connectivity index (χ1) is 11.5. The Balaban J connectivity index is 1.69. The van der Waals surface area contributed by atoms with E-state index >= 15 is 0 Å². The highest BCUT2D eigenvalue weighted by molar-refractivity contribution is 6.30. The minimum absolute atomic E-state index is 0.0116. The van der Waals surface area contributed by atoms with Gasteiger partial charge in [-0.2, -0.15) is 0 Å². The molecule has 6 heteroatoms. The molecule has 24 heavy (non-hydrogen) atoms. The zero-order valence-electron chi connectivity index (χ0n) is 13.0. The number of hydrogen-bond acceptors (Lipinski definition) is 4. The lowest BCUT2D eigenvalue weighted by molar-refractivity contribution is -0.122. The van der Waals surface area contributed by atoms with Crippen LogP contribution in [0.3, 0.4) is 0 Å². The predicted molar refractivity (Wildman–Crippen MR) is 90.5 cm³/mol. The molecule has 1 amide bonds. The summed E-state index contributed by atoms with van der Waals surface area (Å²) in [5.41, 5.74) is 1.92. The number of benzene rings is 2. The van der Waals surface area contributed by atoms with Crippen molar-refractivity contribution >= 4 is 29.2 Å². The average molecular weight is 346 g/mol. The summed E-state index contributed by atoms with van der Waals surface area (Å²) in [6, 6.07) is 11.8. The molecule has 1 aliphatic rings. The lowest BCUT2D eigenvalue weighted by Crippen LogP contribution is -2.38. The number of carbonyl (C=O) groups excluding carboxylic acids is 2. The first-order valence-corrected chi connectivity index (χ1v) is 7.91. The molecular weight excluding hydrogens is 330 g/mol. The third kappa shape index (κ3) is 3.08. The van der Waals surface area contributed by atoms with Gasteiger partial charge in [-0.05, 0) is 43.2 Å². The number of para-hydroxylation sites is 1. The van der Waals surface area contributed by atoms with Gasteiger partial charge in [0.05, 0.1) is 0 Å². The summed E-state index contributed by atoms with van der Waals surface area (Å²) in [4.78, 5) is 26.1. The van der Waals surface area contributed by atoms with Gasteiger partial charge in [0.1, 0.15) is 11.3 Å². The SMILES string of the molecule is C[C@@H]1Cc2ccccc2N1C(=O)COC(=O)c1ccc(Cl)cc1O. The van der Waals surface area contributed by atoms with Gasteiger partial charge in [0.2, 0.25) is 0 Å². The van der Waals surface area contributed by atoms with Gasteiger partial charge in [-0.15, -0.1) is 0 Å². The second-order valence-electron chi connectivity index (χ2n) is 5.68. The van der Waals surface area contributed by atoms with E-state index in [9.17, 15) is 14.7 Å². The van der Waals surface area contributed by atoms with Gasteiger partial charge in [0, 0.05) is 16.8 Å². The maximum atomic E-state index is 12.5. The number of phenolic OH excluding ortho intramolecular Hbond substituents is 1. The summed E-state index contributed by atoms with van der Waals surface area (Å²) in [6.07, 6.45) is 0.772. The van der Waals surface area contributed by atoms with E-state index in [2.05, 4.69) is 0 Å². The maximum Gasteiger partial charge on any atom is 0.342 e. The zero-order valence-corrected chi connectivity index (χ0v) is 13.8. The zero-order chi connectivity index (χ0) is 17.3. The molecule has 0 aromatic heterocycles. The van der Waals surface area contributed by atoms with E-state index in [1.54, 1.807) is 4.90 Å². The van der Waals surface area contributed by atoms with Gasteiger partial charge in [-0.25, -0.2) is 4.79 Å². The van der Waals surface area contributed by atoms with Crippen molar-refractivity contribution in [3.63, 3.8) is 0 Å². The Morgan fingerprint density at radius 3 is 2.79 bits per heavy atom. The molecule has 0 saturated heterocycles. The second-order valence-corrected chi connectivity index (χ2v) is 6.12. The molecule has 3 rings (SSSR count). The molecule has 0 unspecified atom stereocenters. The van der Waals surface area contributed by atoms with Crippen molar-refractivity contribution in [2.24, 2.45) is 0 Å². The average Bonchev–Trinajstić information content (AvgIpc) is 2.88. The van der Waals surface area contributed by atoms with Crippen molar-refractivity contribution in [1.29, 1.82) is 0 Å². The number of anilines is 1. The molecule has 124 valence electrons. The Hall–Kier alpha value is -2.53. The lowest BCUT2D eigenvalue weighted by atomic mass is 10.1. The Bertz CT molecular complexity index is 805. The molecular formula is C18H16ClNO4. The number of fused-ring (bicyclic) bond motifs is 1. The number of phenols is 1. The number of rotatable bonds is 3. The predicted octanol–water partition coefficient (Wildman–Crippen LogP) is 3.18. The number of ether oxygens (including phenoxy) is 1. The molecule has 0 bridgehead atoms. The van der Waals surface area contributed by atoms with Crippen LogP contribution in [0.15, 0.2) is 42.5 Å². The van der Waals surface area contributed by atoms with E-state index < -0.39 is 5.97 Å². The second kappa shape index (κ2) is 6.53. The summed E-state index contributed by atoms with van der Waals surface area (Å²) >= 11 is 5.73. The van der Waals surface area contributed by atoms with Crippen molar-refractivity contribution < 1.29 is 19.4 Å². The fourth-order valence-corrected chi connectivity index (χ4v) is 3.06. The highest BCUT2D eigenvalue weighted by Gasteiger charge is 2.31. The van der Waals surface area contributed by atoms with Crippen LogP contribution in [0.2, 0.25) is 5.02 Å². The number of aromatic hydroxyl groups is 1. The van der Waals surface area contributed by atoms with E-state index in [-0.39, 0.29) is 29.9 Å². The smallest absolute Gasteiger partial charge is 0.342 e. The van der Waals surface area contributed by atoms with Gasteiger partial charge in [-0.3, -0.25) is 4.79 Å². The maximum absolute atomic E-state index is 12.5. The van der Waals surface area contributed by atoms with E-state index in [0.29, 0.717) is 5.02 Å². The van der Waals surface area contributed by atoms with E-state index in [1.165, 1.54) is 18.2 Å². The number of esters is 1. The Kier molecular flexibility index (Phi) is 4.44. The Labute approximate surface area is 144 Å². The third-order valence-corrected chi connectivity index (χ3v) is 4.22. The first-order valence-electron chi connectivity index (χ1n) is 7.53. The molecule has 5 nitrogen and oxygen atoms in total. The number of carbonyl (C=O) groups is 2. The molecule has 0 fully saturated rings. The quantitative estimate of drug-likeness (QED) is 0.868. The van der Waals surface area contributed by atoms with Crippen LogP contribution in [-0.4, -0.2) is 29.6 Å². The number of hydrogen-bond donors (Lipinski definition) is 1. The van der Waals surface area contributed by atoms with Gasteiger partial charge in [-0.1, -0.05) is 29.8 Å². The van der Waals surface area contributed by atoms with Crippen molar-refractivity contribution in [3.05, 3.63) is 58.6 Å². The minimum Gasteiger partial charge on any atom is -0.507 e. The van der Waals surface area contributed by atoms with Gasteiger partial charge >= 0.3 is 5.97 Å². The van der Waals surface area contributed by atoms with Crippen LogP contribution in [0, 0.1) is 0 Å². The number of amides is 1. The van der Waals surface area contributed by atoms with Crippen LogP contribution in [-0.2, 0) is 16.0 Å². The molecule has 1 aliphatic heterocycles. The highest BCUT2D eigenvalue weighted by Crippen LogP contribution is 2.31. The van der Waals surface area contributed by atoms with Crippen LogP contribution in [0.4, 0.5) is 5.69 Å². The highest BCUT2D eigenvalue weighted by atomic mass is 35.5. The Morgan fingerprint density at radius 2 is 2.04 bits per heavy atom. The molecule has 0 aliphatic carbocycles. The Morgan fingerprint density at radius 1 is 1.29 bits per heavy atom. The van der Waals surface area contributed by atoms with E-state index in [1.807, 2.05) is 31.2 Å². The number of halogens is 1. The summed E-state index contributed by atoms with van der Waals surface area (Å²) < 4.78 is 5.05. The monoisotopic (exact) mass is 345 g/mol. The number of nitrogens with zero attached hydrogens (tertiary/aromatic N) is 1. The molecule has 2 aromatic carbocycles. The molecule has 0 spiro atoms. The van der Waals surface area contributed by atoms with E-state index in [0.717, 1.165) is 17.7 Å². The van der Waals surface area contributed by atoms with Gasteiger partial charge < -0.3 is 14.7 Å². The molecule has 1 N–H and O–H groups in total. The summed E-state index contributed by atoms with van der Waals surface area (Å²) in [5.74, 6) is -1.34. The summed E-state index contributed by atoms with van der Waals surface area (Å²) in [6.45, 7) is 1.56. The van der Waals surface area contributed by atoms with Crippen LogP contribution >= 0.6 is 11.6 Å².